The van der Waals surface area contributed by atoms with Crippen LogP contribution in [-0.4, -0.2) is 18.7 Å². The fourth-order valence-electron chi connectivity index (χ4n) is 3.31. The number of carbonyl (C=O) groups excluding carboxylic acids is 1. The molecule has 0 atom stereocenters. The molecule has 32 heavy (non-hydrogen) atoms. The number of rotatable bonds is 6. The number of halogens is 2. The van der Waals surface area contributed by atoms with E-state index in [0.29, 0.717) is 38.4 Å². The lowest BCUT2D eigenvalue weighted by atomic mass is 10.1. The average Bonchev–Trinajstić information content (AvgIpc) is 3.08. The van der Waals surface area contributed by atoms with Crippen molar-refractivity contribution in [2.24, 2.45) is 5.10 Å². The number of benzene rings is 3. The van der Waals surface area contributed by atoms with Crippen LogP contribution in [0.15, 0.2) is 77.4 Å². The molecule has 0 spiro atoms. The van der Waals surface area contributed by atoms with Gasteiger partial charge in [-0.1, -0.05) is 53.5 Å². The van der Waals surface area contributed by atoms with Crippen LogP contribution in [0, 0.1) is 0 Å². The summed E-state index contributed by atoms with van der Waals surface area (Å²) in [5.41, 5.74) is 3.38. The third-order valence-corrected chi connectivity index (χ3v) is 5.70. The first-order valence-electron chi connectivity index (χ1n) is 9.88. The first kappa shape index (κ1) is 21.9. The number of ether oxygens (including phenoxy) is 2. The number of nitrogens with zero attached hydrogens (tertiary/aromatic N) is 2. The Morgan fingerprint density at radius 3 is 2.38 bits per heavy atom. The van der Waals surface area contributed by atoms with Crippen molar-refractivity contribution < 1.29 is 14.3 Å². The van der Waals surface area contributed by atoms with Crippen molar-refractivity contribution in [3.63, 3.8) is 0 Å². The van der Waals surface area contributed by atoms with Crippen molar-refractivity contribution in [2.75, 3.05) is 12.1 Å². The highest BCUT2D eigenvalue weighted by molar-refractivity contribution is 6.36. The zero-order valence-electron chi connectivity index (χ0n) is 17.5. The monoisotopic (exact) mass is 466 g/mol. The lowest BCUT2D eigenvalue weighted by Crippen LogP contribution is -2.21. The summed E-state index contributed by atoms with van der Waals surface area (Å²) < 4.78 is 11.4. The van der Waals surface area contributed by atoms with Gasteiger partial charge in [-0.15, -0.1) is 0 Å². The molecule has 1 heterocycles. The molecule has 0 saturated carbocycles. The quantitative estimate of drug-likeness (QED) is 0.395. The zero-order chi connectivity index (χ0) is 22.7. The van der Waals surface area contributed by atoms with Crippen molar-refractivity contribution in [2.45, 2.75) is 13.5 Å². The molecule has 0 aromatic heterocycles. The Labute approximate surface area is 196 Å². The van der Waals surface area contributed by atoms with Gasteiger partial charge in [0.15, 0.2) is 11.5 Å². The van der Waals surface area contributed by atoms with Gasteiger partial charge in [-0.25, -0.2) is 0 Å². The molecule has 0 radical (unpaired) electrons. The largest absolute Gasteiger partial charge is 0.493 e. The van der Waals surface area contributed by atoms with Gasteiger partial charge in [-0.3, -0.25) is 4.79 Å². The van der Waals surface area contributed by atoms with Gasteiger partial charge in [0.05, 0.1) is 24.1 Å². The molecule has 3 aromatic rings. The molecular weight excluding hydrogens is 447 g/mol. The minimum absolute atomic E-state index is 0.179. The lowest BCUT2D eigenvalue weighted by molar-refractivity contribution is -0.114. The molecule has 3 aromatic carbocycles. The molecule has 0 bridgehead atoms. The van der Waals surface area contributed by atoms with Crippen LogP contribution in [0.5, 0.6) is 11.5 Å². The molecule has 5 nitrogen and oxygen atoms in total. The van der Waals surface area contributed by atoms with E-state index in [4.69, 9.17) is 32.7 Å². The van der Waals surface area contributed by atoms with Crippen molar-refractivity contribution >= 4 is 46.6 Å². The minimum atomic E-state index is -0.179. The Kier molecular flexibility index (Phi) is 6.49. The Morgan fingerprint density at radius 2 is 1.69 bits per heavy atom. The summed E-state index contributed by atoms with van der Waals surface area (Å²) in [6, 6.07) is 20.1. The van der Waals surface area contributed by atoms with Gasteiger partial charge in [0, 0.05) is 15.6 Å². The highest BCUT2D eigenvalue weighted by atomic mass is 35.5. The Hall–Kier alpha value is -3.28. The summed E-state index contributed by atoms with van der Waals surface area (Å²) >= 11 is 12.4. The van der Waals surface area contributed by atoms with Gasteiger partial charge in [0.1, 0.15) is 6.61 Å². The van der Waals surface area contributed by atoms with Gasteiger partial charge in [-0.05, 0) is 55.0 Å². The predicted molar refractivity (Wildman–Crippen MR) is 129 cm³/mol. The normalized spacial score (nSPS) is 14.6. The first-order valence-corrected chi connectivity index (χ1v) is 10.6. The van der Waals surface area contributed by atoms with Crippen molar-refractivity contribution in [1.29, 1.82) is 0 Å². The number of hydrazone groups is 1. The SMILES string of the molecule is COc1cc(/C=C2\C(=O)N(c3ccccc3)N=C2C)ccc1OCc1c(Cl)cccc1Cl. The van der Waals surface area contributed by atoms with Crippen molar-refractivity contribution in [1.82, 2.24) is 0 Å². The number of anilines is 1. The molecule has 162 valence electrons. The van der Waals surface area contributed by atoms with E-state index in [0.717, 1.165) is 11.3 Å². The lowest BCUT2D eigenvalue weighted by Gasteiger charge is -2.13. The van der Waals surface area contributed by atoms with Crippen LogP contribution >= 0.6 is 23.2 Å². The molecule has 0 aliphatic carbocycles. The van der Waals surface area contributed by atoms with Crippen LogP contribution in [0.4, 0.5) is 5.69 Å². The van der Waals surface area contributed by atoms with E-state index in [1.54, 1.807) is 37.5 Å². The van der Waals surface area contributed by atoms with Gasteiger partial charge in [-0.2, -0.15) is 10.1 Å². The average molecular weight is 467 g/mol. The Balaban J connectivity index is 1.56. The summed E-state index contributed by atoms with van der Waals surface area (Å²) in [6.07, 6.45) is 1.79. The smallest absolute Gasteiger partial charge is 0.280 e. The summed E-state index contributed by atoms with van der Waals surface area (Å²) in [5.74, 6) is 0.892. The highest BCUT2D eigenvalue weighted by Crippen LogP contribution is 2.33. The molecule has 1 aliphatic rings. The number of hydrogen-bond donors (Lipinski definition) is 0. The van der Waals surface area contributed by atoms with E-state index < -0.39 is 0 Å². The summed E-state index contributed by atoms with van der Waals surface area (Å²) in [5, 5.41) is 6.89. The van der Waals surface area contributed by atoms with Gasteiger partial charge < -0.3 is 9.47 Å². The topological polar surface area (TPSA) is 51.1 Å². The van der Waals surface area contributed by atoms with Crippen molar-refractivity contribution in [3.05, 3.63) is 93.5 Å². The van der Waals surface area contributed by atoms with E-state index in [1.807, 2.05) is 49.4 Å². The first-order chi connectivity index (χ1) is 15.5. The molecule has 1 amide bonds. The highest BCUT2D eigenvalue weighted by Gasteiger charge is 2.28. The van der Waals surface area contributed by atoms with Crippen LogP contribution in [0.3, 0.4) is 0 Å². The second-order valence-corrected chi connectivity index (χ2v) is 7.91. The minimum Gasteiger partial charge on any atom is -0.493 e. The van der Waals surface area contributed by atoms with Crippen LogP contribution in [-0.2, 0) is 11.4 Å². The van der Waals surface area contributed by atoms with E-state index in [1.165, 1.54) is 5.01 Å². The molecule has 4 rings (SSSR count). The number of hydrogen-bond acceptors (Lipinski definition) is 4. The molecular formula is C25H20Cl2N2O3. The maximum atomic E-state index is 12.9. The number of para-hydroxylation sites is 1. The molecule has 1 aliphatic heterocycles. The maximum Gasteiger partial charge on any atom is 0.280 e. The van der Waals surface area contributed by atoms with E-state index >= 15 is 0 Å². The van der Waals surface area contributed by atoms with Crippen LogP contribution in [0.1, 0.15) is 18.1 Å². The van der Waals surface area contributed by atoms with Crippen LogP contribution < -0.4 is 14.5 Å². The van der Waals surface area contributed by atoms with Gasteiger partial charge >= 0.3 is 0 Å². The standard InChI is InChI=1S/C25H20Cl2N2O3/c1-16-19(25(30)29(28-16)18-7-4-3-5-8-18)13-17-11-12-23(24(14-17)31-2)32-15-20-21(26)9-6-10-22(20)27/h3-14H,15H2,1-2H3/b19-13-. The van der Waals surface area contributed by atoms with Crippen LogP contribution in [0.25, 0.3) is 6.08 Å². The molecule has 7 heteroatoms. The summed E-state index contributed by atoms with van der Waals surface area (Å²) in [6.45, 7) is 2.01. The molecule has 0 N–H and O–H groups in total. The molecule has 0 saturated heterocycles. The number of carbonyl (C=O) groups is 1. The second-order valence-electron chi connectivity index (χ2n) is 7.10. The molecule has 0 fully saturated rings. The van der Waals surface area contributed by atoms with Crippen LogP contribution in [0.2, 0.25) is 10.0 Å². The Morgan fingerprint density at radius 1 is 0.969 bits per heavy atom. The Bertz CT molecular complexity index is 1200. The van der Waals surface area contributed by atoms with Crippen molar-refractivity contribution in [3.8, 4) is 11.5 Å². The predicted octanol–water partition coefficient (Wildman–Crippen LogP) is 6.39. The fourth-order valence-corrected chi connectivity index (χ4v) is 3.82. The second kappa shape index (κ2) is 9.47. The fraction of sp³-hybridized carbons (Fsp3) is 0.120. The van der Waals surface area contributed by atoms with E-state index in [-0.39, 0.29) is 12.5 Å². The number of methoxy groups -OCH3 is 1. The summed E-state index contributed by atoms with van der Waals surface area (Å²) in [4.78, 5) is 12.9. The van der Waals surface area contributed by atoms with E-state index in [2.05, 4.69) is 5.10 Å². The third kappa shape index (κ3) is 4.49. The molecule has 0 unspecified atom stereocenters. The van der Waals surface area contributed by atoms with E-state index in [9.17, 15) is 4.79 Å². The van der Waals surface area contributed by atoms with Gasteiger partial charge in [0.2, 0.25) is 0 Å². The van der Waals surface area contributed by atoms with Gasteiger partial charge in [0.25, 0.3) is 5.91 Å². The maximum absolute atomic E-state index is 12.9. The summed E-state index contributed by atoms with van der Waals surface area (Å²) in [7, 11) is 1.56. The third-order valence-electron chi connectivity index (χ3n) is 5.00. The zero-order valence-corrected chi connectivity index (χ0v) is 19.0. The number of amides is 1.